The van der Waals surface area contributed by atoms with Crippen LogP contribution in [-0.4, -0.2) is 28.8 Å². The summed E-state index contributed by atoms with van der Waals surface area (Å²) in [6.07, 6.45) is 1.74. The molecule has 0 spiro atoms. The number of aromatic nitrogens is 2. The first kappa shape index (κ1) is 16.2. The molecule has 0 unspecified atom stereocenters. The third kappa shape index (κ3) is 3.51. The van der Waals surface area contributed by atoms with Crippen LogP contribution in [0.5, 0.6) is 0 Å². The third-order valence-electron chi connectivity index (χ3n) is 3.51. The highest BCUT2D eigenvalue weighted by atomic mass is 19.1. The first-order chi connectivity index (χ1) is 10.5. The van der Waals surface area contributed by atoms with E-state index in [0.29, 0.717) is 24.3 Å². The van der Waals surface area contributed by atoms with Crippen molar-refractivity contribution in [2.45, 2.75) is 26.7 Å². The molecule has 2 aromatic rings. The second-order valence-electron chi connectivity index (χ2n) is 5.19. The number of nitrogens with one attached hydrogen (secondary N) is 1. The van der Waals surface area contributed by atoms with Crippen LogP contribution >= 0.6 is 0 Å². The Morgan fingerprint density at radius 3 is 2.59 bits per heavy atom. The van der Waals surface area contributed by atoms with Crippen LogP contribution in [0.4, 0.5) is 4.39 Å². The van der Waals surface area contributed by atoms with Gasteiger partial charge in [0.25, 0.3) is 5.91 Å². The zero-order chi connectivity index (χ0) is 16.1. The van der Waals surface area contributed by atoms with Crippen molar-refractivity contribution in [3.63, 3.8) is 0 Å². The summed E-state index contributed by atoms with van der Waals surface area (Å²) in [7, 11) is 0. The number of aryl methyl sites for hydroxylation is 1. The van der Waals surface area contributed by atoms with Crippen molar-refractivity contribution in [3.8, 4) is 5.69 Å². The van der Waals surface area contributed by atoms with Gasteiger partial charge in [0.05, 0.1) is 22.6 Å². The molecule has 0 bridgehead atoms. The molecule has 1 aromatic heterocycles. The maximum absolute atomic E-state index is 13.0. The molecule has 0 aliphatic heterocycles. The molecule has 1 heterocycles. The Morgan fingerprint density at radius 2 is 1.95 bits per heavy atom. The van der Waals surface area contributed by atoms with E-state index in [2.05, 4.69) is 10.4 Å². The fourth-order valence-electron chi connectivity index (χ4n) is 2.36. The van der Waals surface area contributed by atoms with E-state index >= 15 is 0 Å². The zero-order valence-corrected chi connectivity index (χ0v) is 12.9. The van der Waals surface area contributed by atoms with E-state index in [4.69, 9.17) is 5.73 Å². The number of hydrogen-bond acceptors (Lipinski definition) is 3. The molecule has 0 fully saturated rings. The Bertz CT molecular complexity index is 649. The number of benzene rings is 1. The Morgan fingerprint density at radius 1 is 1.27 bits per heavy atom. The topological polar surface area (TPSA) is 72.9 Å². The Kier molecular flexibility index (Phi) is 5.27. The van der Waals surface area contributed by atoms with E-state index in [0.717, 1.165) is 24.2 Å². The van der Waals surface area contributed by atoms with Gasteiger partial charge in [-0.15, -0.1) is 0 Å². The van der Waals surface area contributed by atoms with Gasteiger partial charge in [0.1, 0.15) is 5.82 Å². The summed E-state index contributed by atoms with van der Waals surface area (Å²) in [5.74, 6) is -0.441. The average molecular weight is 304 g/mol. The molecule has 1 amide bonds. The Labute approximate surface area is 129 Å². The van der Waals surface area contributed by atoms with Gasteiger partial charge in [0, 0.05) is 6.54 Å². The van der Waals surface area contributed by atoms with Gasteiger partial charge in [-0.3, -0.25) is 4.79 Å². The van der Waals surface area contributed by atoms with Crippen molar-refractivity contribution in [2.24, 2.45) is 5.73 Å². The van der Waals surface area contributed by atoms with Gasteiger partial charge >= 0.3 is 0 Å². The third-order valence-corrected chi connectivity index (χ3v) is 3.51. The molecule has 0 radical (unpaired) electrons. The van der Waals surface area contributed by atoms with Gasteiger partial charge in [0.15, 0.2) is 0 Å². The van der Waals surface area contributed by atoms with Crippen LogP contribution in [0.1, 0.15) is 34.6 Å². The maximum atomic E-state index is 13.0. The van der Waals surface area contributed by atoms with Gasteiger partial charge in [-0.1, -0.05) is 0 Å². The molecule has 6 heteroatoms. The van der Waals surface area contributed by atoms with Crippen molar-refractivity contribution in [1.82, 2.24) is 15.1 Å². The molecule has 1 aromatic carbocycles. The molecule has 5 nitrogen and oxygen atoms in total. The monoisotopic (exact) mass is 304 g/mol. The minimum Gasteiger partial charge on any atom is -0.352 e. The number of nitrogens with two attached hydrogens (primary N) is 1. The van der Waals surface area contributed by atoms with Crippen molar-refractivity contribution in [1.29, 1.82) is 0 Å². The molecular formula is C16H21FN4O. The minimum absolute atomic E-state index is 0.139. The van der Waals surface area contributed by atoms with Gasteiger partial charge in [-0.05, 0) is 57.5 Å². The number of rotatable bonds is 6. The van der Waals surface area contributed by atoms with Crippen molar-refractivity contribution in [3.05, 3.63) is 47.0 Å². The summed E-state index contributed by atoms with van der Waals surface area (Å²) < 4.78 is 14.7. The molecule has 2 rings (SSSR count). The number of hydrogen-bond donors (Lipinski definition) is 2. The molecule has 22 heavy (non-hydrogen) atoms. The van der Waals surface area contributed by atoms with Gasteiger partial charge in [0.2, 0.25) is 0 Å². The molecule has 0 aliphatic carbocycles. The lowest BCUT2D eigenvalue weighted by atomic mass is 10.1. The normalized spacial score (nSPS) is 10.7. The van der Waals surface area contributed by atoms with Crippen molar-refractivity contribution >= 4 is 5.91 Å². The highest BCUT2D eigenvalue weighted by molar-refractivity contribution is 5.96. The second-order valence-corrected chi connectivity index (χ2v) is 5.19. The zero-order valence-electron chi connectivity index (χ0n) is 12.9. The molecule has 0 saturated heterocycles. The summed E-state index contributed by atoms with van der Waals surface area (Å²) in [5, 5.41) is 7.27. The number of carbonyl (C=O) groups excluding carboxylic acids is 1. The van der Waals surface area contributed by atoms with E-state index in [1.807, 2.05) is 6.92 Å². The molecule has 0 atom stereocenters. The SMILES string of the molecule is Cc1nn(-c2ccc(F)cc2)c(C)c1C(=O)NCCCCN. The number of amides is 1. The fourth-order valence-corrected chi connectivity index (χ4v) is 2.36. The number of carbonyl (C=O) groups is 1. The highest BCUT2D eigenvalue weighted by Crippen LogP contribution is 2.18. The van der Waals surface area contributed by atoms with Crippen LogP contribution < -0.4 is 11.1 Å². The van der Waals surface area contributed by atoms with Gasteiger partial charge in [-0.25, -0.2) is 9.07 Å². The lowest BCUT2D eigenvalue weighted by Crippen LogP contribution is -2.26. The summed E-state index contributed by atoms with van der Waals surface area (Å²) in [5.41, 5.74) is 8.11. The van der Waals surface area contributed by atoms with Crippen LogP contribution in [0.25, 0.3) is 5.69 Å². The smallest absolute Gasteiger partial charge is 0.255 e. The average Bonchev–Trinajstić information content (AvgIpc) is 2.79. The van der Waals surface area contributed by atoms with E-state index in [-0.39, 0.29) is 11.7 Å². The second kappa shape index (κ2) is 7.17. The lowest BCUT2D eigenvalue weighted by Gasteiger charge is -2.06. The standard InChI is InChI=1S/C16H21FN4O/c1-11-15(16(22)19-10-4-3-9-18)12(2)21(20-11)14-7-5-13(17)6-8-14/h5-8H,3-4,9-10,18H2,1-2H3,(H,19,22). The molecule has 0 aliphatic rings. The molecule has 0 saturated carbocycles. The van der Waals surface area contributed by atoms with Crippen LogP contribution in [0.15, 0.2) is 24.3 Å². The number of unbranched alkanes of at least 4 members (excludes halogenated alkanes) is 1. The lowest BCUT2D eigenvalue weighted by molar-refractivity contribution is 0.0952. The predicted octanol–water partition coefficient (Wildman–Crippen LogP) is 2.10. The van der Waals surface area contributed by atoms with E-state index in [1.165, 1.54) is 12.1 Å². The van der Waals surface area contributed by atoms with E-state index < -0.39 is 0 Å². The fraction of sp³-hybridized carbons (Fsp3) is 0.375. The Hall–Kier alpha value is -2.21. The van der Waals surface area contributed by atoms with Crippen LogP contribution in [-0.2, 0) is 0 Å². The minimum atomic E-state index is -0.303. The highest BCUT2D eigenvalue weighted by Gasteiger charge is 2.18. The van der Waals surface area contributed by atoms with Crippen LogP contribution in [0, 0.1) is 19.7 Å². The van der Waals surface area contributed by atoms with Gasteiger partial charge < -0.3 is 11.1 Å². The van der Waals surface area contributed by atoms with E-state index in [9.17, 15) is 9.18 Å². The number of halogens is 1. The largest absolute Gasteiger partial charge is 0.352 e. The first-order valence-electron chi connectivity index (χ1n) is 7.35. The molecule has 3 N–H and O–H groups in total. The van der Waals surface area contributed by atoms with Crippen LogP contribution in [0.2, 0.25) is 0 Å². The summed E-state index contributed by atoms with van der Waals surface area (Å²) in [6, 6.07) is 6.02. The van der Waals surface area contributed by atoms with Crippen molar-refractivity contribution < 1.29 is 9.18 Å². The van der Waals surface area contributed by atoms with Crippen molar-refractivity contribution in [2.75, 3.05) is 13.1 Å². The quantitative estimate of drug-likeness (QED) is 0.803. The maximum Gasteiger partial charge on any atom is 0.255 e. The Balaban J connectivity index is 2.20. The molecule has 118 valence electrons. The molecular weight excluding hydrogens is 283 g/mol. The first-order valence-corrected chi connectivity index (χ1v) is 7.35. The summed E-state index contributed by atoms with van der Waals surface area (Å²) in [6.45, 7) is 4.84. The van der Waals surface area contributed by atoms with Crippen LogP contribution in [0.3, 0.4) is 0 Å². The number of nitrogens with zero attached hydrogens (tertiary/aromatic N) is 2. The van der Waals surface area contributed by atoms with Gasteiger partial charge in [-0.2, -0.15) is 5.10 Å². The summed E-state index contributed by atoms with van der Waals surface area (Å²) >= 11 is 0. The van der Waals surface area contributed by atoms with E-state index in [1.54, 1.807) is 23.7 Å². The predicted molar refractivity (Wildman–Crippen MR) is 83.6 cm³/mol. The summed E-state index contributed by atoms with van der Waals surface area (Å²) in [4.78, 5) is 12.3.